The van der Waals surface area contributed by atoms with Crippen molar-refractivity contribution in [3.05, 3.63) is 18.2 Å². The normalized spacial score (nSPS) is 10.6. The fraction of sp³-hybridized carbons (Fsp3) is 0.667. The number of nitrogens with one attached hydrogen (secondary N) is 1. The minimum atomic E-state index is 0.276. The molecule has 0 aliphatic carbocycles. The van der Waals surface area contributed by atoms with E-state index in [1.807, 2.05) is 19.6 Å². The van der Waals surface area contributed by atoms with Gasteiger partial charge in [0.05, 0.1) is 12.0 Å². The molecule has 0 unspecified atom stereocenters. The molecule has 4 nitrogen and oxygen atoms in total. The summed E-state index contributed by atoms with van der Waals surface area (Å²) >= 11 is 0. The van der Waals surface area contributed by atoms with Gasteiger partial charge >= 0.3 is 0 Å². The number of unbranched alkanes of at least 4 members (excludes halogenated alkanes) is 1. The van der Waals surface area contributed by atoms with Crippen molar-refractivity contribution < 1.29 is 5.11 Å². The van der Waals surface area contributed by atoms with Crippen LogP contribution in [0.5, 0.6) is 0 Å². The lowest BCUT2D eigenvalue weighted by Gasteiger charge is -1.99. The summed E-state index contributed by atoms with van der Waals surface area (Å²) in [6, 6.07) is 0. The monoisotopic (exact) mass is 183 g/mol. The van der Waals surface area contributed by atoms with E-state index in [0.29, 0.717) is 0 Å². The lowest BCUT2D eigenvalue weighted by molar-refractivity contribution is 0.281. The molecule has 0 amide bonds. The molecule has 4 heteroatoms. The maximum atomic E-state index is 8.60. The summed E-state index contributed by atoms with van der Waals surface area (Å²) in [7, 11) is 1.91. The van der Waals surface area contributed by atoms with Crippen molar-refractivity contribution in [3.63, 3.8) is 0 Å². The Hall–Kier alpha value is -0.870. The van der Waals surface area contributed by atoms with Gasteiger partial charge in [0, 0.05) is 25.9 Å². The molecule has 74 valence electrons. The van der Waals surface area contributed by atoms with E-state index >= 15 is 0 Å². The summed E-state index contributed by atoms with van der Waals surface area (Å²) in [4.78, 5) is 4.22. The third-order valence-electron chi connectivity index (χ3n) is 1.87. The van der Waals surface area contributed by atoms with Crippen molar-refractivity contribution in [2.75, 3.05) is 13.7 Å². The highest BCUT2D eigenvalue weighted by Gasteiger charge is 1.96. The van der Waals surface area contributed by atoms with Gasteiger partial charge in [-0.1, -0.05) is 0 Å². The van der Waals surface area contributed by atoms with Crippen LogP contribution < -0.4 is 5.32 Å². The summed E-state index contributed by atoms with van der Waals surface area (Å²) in [5, 5.41) is 11.6. The van der Waals surface area contributed by atoms with Crippen molar-refractivity contribution >= 4 is 0 Å². The van der Waals surface area contributed by atoms with Gasteiger partial charge in [0.2, 0.25) is 0 Å². The third-order valence-corrected chi connectivity index (χ3v) is 1.87. The maximum Gasteiger partial charge on any atom is 0.0949 e. The van der Waals surface area contributed by atoms with E-state index in [9.17, 15) is 0 Å². The Labute approximate surface area is 78.6 Å². The molecule has 1 aromatic rings. The van der Waals surface area contributed by atoms with E-state index in [2.05, 4.69) is 14.9 Å². The SMILES string of the molecule is CNCc1cn(CCCCO)cn1. The van der Waals surface area contributed by atoms with Crippen molar-refractivity contribution in [2.45, 2.75) is 25.9 Å². The molecular formula is C9H17N3O. The second-order valence-corrected chi connectivity index (χ2v) is 3.06. The highest BCUT2D eigenvalue weighted by Crippen LogP contribution is 1.98. The predicted molar refractivity (Wildman–Crippen MR) is 51.3 cm³/mol. The van der Waals surface area contributed by atoms with Gasteiger partial charge in [0.15, 0.2) is 0 Å². The van der Waals surface area contributed by atoms with Crippen LogP contribution in [0.25, 0.3) is 0 Å². The summed E-state index contributed by atoms with van der Waals surface area (Å²) in [6.07, 6.45) is 5.74. The van der Waals surface area contributed by atoms with Gasteiger partial charge in [-0.25, -0.2) is 4.98 Å². The molecule has 1 heterocycles. The zero-order valence-corrected chi connectivity index (χ0v) is 8.03. The smallest absolute Gasteiger partial charge is 0.0949 e. The first kappa shape index (κ1) is 10.2. The molecule has 0 aromatic carbocycles. The second-order valence-electron chi connectivity index (χ2n) is 3.06. The molecule has 1 rings (SSSR count). The lowest BCUT2D eigenvalue weighted by atomic mass is 10.3. The Balaban J connectivity index is 2.31. The summed E-state index contributed by atoms with van der Waals surface area (Å²) in [6.45, 7) is 2.03. The molecule has 0 aliphatic rings. The van der Waals surface area contributed by atoms with Crippen molar-refractivity contribution in [2.24, 2.45) is 0 Å². The summed E-state index contributed by atoms with van der Waals surface area (Å²) < 4.78 is 2.06. The molecule has 2 N–H and O–H groups in total. The first-order valence-corrected chi connectivity index (χ1v) is 4.63. The van der Waals surface area contributed by atoms with Crippen LogP contribution in [-0.4, -0.2) is 28.3 Å². The fourth-order valence-electron chi connectivity index (χ4n) is 1.21. The van der Waals surface area contributed by atoms with E-state index in [1.165, 1.54) is 0 Å². The fourth-order valence-corrected chi connectivity index (χ4v) is 1.21. The van der Waals surface area contributed by atoms with E-state index in [0.717, 1.165) is 31.6 Å². The van der Waals surface area contributed by atoms with E-state index < -0.39 is 0 Å². The second kappa shape index (κ2) is 5.72. The van der Waals surface area contributed by atoms with Crippen LogP contribution in [-0.2, 0) is 13.1 Å². The molecule has 0 aliphatic heterocycles. The highest BCUT2D eigenvalue weighted by molar-refractivity contribution is 4.95. The minimum absolute atomic E-state index is 0.276. The first-order chi connectivity index (χ1) is 6.36. The van der Waals surface area contributed by atoms with Crippen LogP contribution in [0.2, 0.25) is 0 Å². The summed E-state index contributed by atoms with van der Waals surface area (Å²) in [5.74, 6) is 0. The van der Waals surface area contributed by atoms with Crippen LogP contribution in [0.15, 0.2) is 12.5 Å². The Kier molecular flexibility index (Phi) is 4.49. The number of nitrogens with zero attached hydrogens (tertiary/aromatic N) is 2. The Morgan fingerprint density at radius 2 is 2.38 bits per heavy atom. The Morgan fingerprint density at radius 1 is 1.54 bits per heavy atom. The number of hydrogen-bond donors (Lipinski definition) is 2. The molecule has 0 spiro atoms. The third kappa shape index (κ3) is 3.57. The zero-order chi connectivity index (χ0) is 9.52. The van der Waals surface area contributed by atoms with Gasteiger partial charge in [0.25, 0.3) is 0 Å². The van der Waals surface area contributed by atoms with Crippen molar-refractivity contribution in [3.8, 4) is 0 Å². The van der Waals surface area contributed by atoms with Gasteiger partial charge in [-0.3, -0.25) is 0 Å². The van der Waals surface area contributed by atoms with Gasteiger partial charge < -0.3 is 15.0 Å². The molecule has 0 bridgehead atoms. The van der Waals surface area contributed by atoms with Crippen LogP contribution in [0, 0.1) is 0 Å². The number of aliphatic hydroxyl groups excluding tert-OH is 1. The Morgan fingerprint density at radius 3 is 3.08 bits per heavy atom. The number of hydrogen-bond acceptors (Lipinski definition) is 3. The molecule has 0 atom stereocenters. The number of aliphatic hydroxyl groups is 1. The largest absolute Gasteiger partial charge is 0.396 e. The number of aryl methyl sites for hydroxylation is 1. The van der Waals surface area contributed by atoms with Crippen LogP contribution >= 0.6 is 0 Å². The standard InChI is InChI=1S/C9H17N3O/c1-10-6-9-7-12(8-11-9)4-2-3-5-13/h7-8,10,13H,2-6H2,1H3. The molecular weight excluding hydrogens is 166 g/mol. The van der Waals surface area contributed by atoms with Crippen molar-refractivity contribution in [1.29, 1.82) is 0 Å². The minimum Gasteiger partial charge on any atom is -0.396 e. The van der Waals surface area contributed by atoms with E-state index in [4.69, 9.17) is 5.11 Å². The zero-order valence-electron chi connectivity index (χ0n) is 8.03. The average molecular weight is 183 g/mol. The van der Waals surface area contributed by atoms with E-state index in [1.54, 1.807) is 0 Å². The molecule has 0 saturated heterocycles. The predicted octanol–water partition coefficient (Wildman–Crippen LogP) is 0.375. The van der Waals surface area contributed by atoms with E-state index in [-0.39, 0.29) is 6.61 Å². The molecule has 13 heavy (non-hydrogen) atoms. The molecule has 0 fully saturated rings. The van der Waals surface area contributed by atoms with Crippen LogP contribution in [0.4, 0.5) is 0 Å². The van der Waals surface area contributed by atoms with Crippen LogP contribution in [0.3, 0.4) is 0 Å². The first-order valence-electron chi connectivity index (χ1n) is 4.63. The molecule has 0 radical (unpaired) electrons. The number of aromatic nitrogens is 2. The summed E-state index contributed by atoms with van der Waals surface area (Å²) in [5.41, 5.74) is 1.06. The topological polar surface area (TPSA) is 50.1 Å². The van der Waals surface area contributed by atoms with Gasteiger partial charge in [-0.05, 0) is 19.9 Å². The molecule has 0 saturated carbocycles. The molecule has 1 aromatic heterocycles. The maximum absolute atomic E-state index is 8.60. The highest BCUT2D eigenvalue weighted by atomic mass is 16.2. The number of imidazole rings is 1. The van der Waals surface area contributed by atoms with Crippen LogP contribution in [0.1, 0.15) is 18.5 Å². The van der Waals surface area contributed by atoms with Crippen molar-refractivity contribution in [1.82, 2.24) is 14.9 Å². The Bertz CT molecular complexity index is 235. The lowest BCUT2D eigenvalue weighted by Crippen LogP contribution is -2.05. The van der Waals surface area contributed by atoms with Gasteiger partial charge in [-0.2, -0.15) is 0 Å². The van der Waals surface area contributed by atoms with Gasteiger partial charge in [0.1, 0.15) is 0 Å². The number of rotatable bonds is 6. The quantitative estimate of drug-likeness (QED) is 0.627. The van der Waals surface area contributed by atoms with Gasteiger partial charge in [-0.15, -0.1) is 0 Å². The average Bonchev–Trinajstić information content (AvgIpc) is 2.54.